The summed E-state index contributed by atoms with van der Waals surface area (Å²) in [5.74, 6) is -0.366. The molecule has 1 amide bonds. The number of carbonyl (C=O) groups excluding carboxylic acids is 1. The largest absolute Gasteiger partial charge is 0.503 e. The molecule has 2 N–H and O–H groups in total. The van der Waals surface area contributed by atoms with Crippen molar-refractivity contribution < 1.29 is 14.6 Å². The third-order valence-electron chi connectivity index (χ3n) is 1.49. The zero-order valence-corrected chi connectivity index (χ0v) is 7.37. The summed E-state index contributed by atoms with van der Waals surface area (Å²) in [7, 11) is 2.87. The molecule has 1 aromatic heterocycles. The quantitative estimate of drug-likeness (QED) is 0.683. The van der Waals surface area contributed by atoms with E-state index in [4.69, 9.17) is 4.74 Å². The van der Waals surface area contributed by atoms with Gasteiger partial charge in [-0.15, -0.1) is 0 Å². The molecular formula is C8H10N2O3. The van der Waals surface area contributed by atoms with Gasteiger partial charge in [-0.3, -0.25) is 4.79 Å². The first-order valence-electron chi connectivity index (χ1n) is 3.65. The highest BCUT2D eigenvalue weighted by Crippen LogP contribution is 2.21. The van der Waals surface area contributed by atoms with Crippen LogP contribution in [-0.2, 0) is 0 Å². The fourth-order valence-electron chi connectivity index (χ4n) is 0.838. The topological polar surface area (TPSA) is 71.5 Å². The van der Waals surface area contributed by atoms with E-state index < -0.39 is 0 Å². The second-order valence-electron chi connectivity index (χ2n) is 2.30. The van der Waals surface area contributed by atoms with Crippen LogP contribution in [0.5, 0.6) is 11.6 Å². The normalized spacial score (nSPS) is 9.38. The van der Waals surface area contributed by atoms with Crippen LogP contribution in [0.1, 0.15) is 10.5 Å². The number of amides is 1. The number of pyridine rings is 1. The maximum absolute atomic E-state index is 11.1. The zero-order valence-electron chi connectivity index (χ0n) is 7.37. The van der Waals surface area contributed by atoms with Crippen LogP contribution in [0, 0.1) is 0 Å². The molecule has 0 saturated heterocycles. The van der Waals surface area contributed by atoms with E-state index in [1.165, 1.54) is 26.3 Å². The first-order chi connectivity index (χ1) is 6.19. The Bertz CT molecular complexity index is 325. The van der Waals surface area contributed by atoms with Crippen LogP contribution in [-0.4, -0.2) is 30.2 Å². The van der Waals surface area contributed by atoms with Crippen molar-refractivity contribution in [1.29, 1.82) is 0 Å². The van der Waals surface area contributed by atoms with Crippen molar-refractivity contribution in [3.8, 4) is 11.6 Å². The predicted octanol–water partition coefficient (Wildman–Crippen LogP) is 0.155. The van der Waals surface area contributed by atoms with E-state index in [1.807, 2.05) is 0 Å². The molecule has 0 aliphatic rings. The fourth-order valence-corrected chi connectivity index (χ4v) is 0.838. The van der Waals surface area contributed by atoms with E-state index in [0.29, 0.717) is 0 Å². The standard InChI is InChI=1S/C8H10N2O3/c1-9-7(12)5-3-4-6(11)8(10-5)13-2/h3-4,11H,1-2H3,(H,9,12). The number of aromatic nitrogens is 1. The maximum atomic E-state index is 11.1. The zero-order chi connectivity index (χ0) is 9.84. The summed E-state index contributed by atoms with van der Waals surface area (Å²) in [6, 6.07) is 2.77. The molecule has 0 atom stereocenters. The molecule has 0 aromatic carbocycles. The minimum absolute atomic E-state index is 0.0427. The van der Waals surface area contributed by atoms with Crippen LogP contribution < -0.4 is 10.1 Å². The minimum Gasteiger partial charge on any atom is -0.503 e. The number of nitrogens with zero attached hydrogens (tertiary/aromatic N) is 1. The van der Waals surface area contributed by atoms with E-state index in [-0.39, 0.29) is 23.2 Å². The van der Waals surface area contributed by atoms with Gasteiger partial charge < -0.3 is 15.2 Å². The van der Waals surface area contributed by atoms with Gasteiger partial charge in [-0.05, 0) is 12.1 Å². The number of methoxy groups -OCH3 is 1. The van der Waals surface area contributed by atoms with Gasteiger partial charge in [0.2, 0.25) is 0 Å². The molecule has 1 rings (SSSR count). The van der Waals surface area contributed by atoms with Crippen molar-refractivity contribution in [1.82, 2.24) is 10.3 Å². The predicted molar refractivity (Wildman–Crippen MR) is 45.8 cm³/mol. The monoisotopic (exact) mass is 182 g/mol. The summed E-state index contributed by atoms with van der Waals surface area (Å²) < 4.78 is 4.74. The average Bonchev–Trinajstić information content (AvgIpc) is 2.17. The molecule has 0 aliphatic carbocycles. The number of ether oxygens (including phenoxy) is 1. The van der Waals surface area contributed by atoms with E-state index in [1.54, 1.807) is 0 Å². The summed E-state index contributed by atoms with van der Waals surface area (Å²) >= 11 is 0. The molecular weight excluding hydrogens is 172 g/mol. The number of rotatable bonds is 2. The van der Waals surface area contributed by atoms with Crippen LogP contribution in [0.3, 0.4) is 0 Å². The van der Waals surface area contributed by atoms with Gasteiger partial charge in [0.15, 0.2) is 5.75 Å². The van der Waals surface area contributed by atoms with Gasteiger partial charge in [0, 0.05) is 7.05 Å². The molecule has 0 spiro atoms. The lowest BCUT2D eigenvalue weighted by Crippen LogP contribution is -2.19. The van der Waals surface area contributed by atoms with Crippen LogP contribution in [0.2, 0.25) is 0 Å². The number of aromatic hydroxyl groups is 1. The smallest absolute Gasteiger partial charge is 0.269 e. The number of hydrogen-bond donors (Lipinski definition) is 2. The van der Waals surface area contributed by atoms with Gasteiger partial charge >= 0.3 is 0 Å². The van der Waals surface area contributed by atoms with Crippen molar-refractivity contribution >= 4 is 5.91 Å². The minimum atomic E-state index is -0.321. The van der Waals surface area contributed by atoms with Crippen molar-refractivity contribution in [2.24, 2.45) is 0 Å². The Labute approximate surface area is 75.4 Å². The van der Waals surface area contributed by atoms with E-state index in [0.717, 1.165) is 0 Å². The molecule has 1 heterocycles. The highest BCUT2D eigenvalue weighted by atomic mass is 16.5. The number of hydrogen-bond acceptors (Lipinski definition) is 4. The fraction of sp³-hybridized carbons (Fsp3) is 0.250. The third kappa shape index (κ3) is 1.87. The van der Waals surface area contributed by atoms with Gasteiger partial charge in [-0.25, -0.2) is 4.98 Å². The second kappa shape index (κ2) is 3.75. The van der Waals surface area contributed by atoms with Gasteiger partial charge in [0.25, 0.3) is 11.8 Å². The third-order valence-corrected chi connectivity index (χ3v) is 1.49. The molecule has 5 nitrogen and oxygen atoms in total. The Kier molecular flexibility index (Phi) is 2.69. The molecule has 0 bridgehead atoms. The Morgan fingerprint density at radius 3 is 2.85 bits per heavy atom. The van der Waals surface area contributed by atoms with Crippen LogP contribution in [0.4, 0.5) is 0 Å². The van der Waals surface area contributed by atoms with E-state index >= 15 is 0 Å². The summed E-state index contributed by atoms with van der Waals surface area (Å²) in [5, 5.41) is 11.6. The summed E-state index contributed by atoms with van der Waals surface area (Å²) in [6.07, 6.45) is 0. The Morgan fingerprint density at radius 2 is 2.31 bits per heavy atom. The molecule has 0 unspecified atom stereocenters. The Morgan fingerprint density at radius 1 is 1.62 bits per heavy atom. The molecule has 0 saturated carbocycles. The molecule has 0 fully saturated rings. The Hall–Kier alpha value is -1.78. The lowest BCUT2D eigenvalue weighted by atomic mass is 10.3. The van der Waals surface area contributed by atoms with Crippen LogP contribution in [0.15, 0.2) is 12.1 Å². The Balaban J connectivity index is 3.06. The molecule has 0 radical (unpaired) electrons. The van der Waals surface area contributed by atoms with E-state index in [2.05, 4.69) is 10.3 Å². The van der Waals surface area contributed by atoms with Gasteiger partial charge in [0.05, 0.1) is 7.11 Å². The average molecular weight is 182 g/mol. The molecule has 0 aliphatic heterocycles. The van der Waals surface area contributed by atoms with Crippen LogP contribution >= 0.6 is 0 Å². The lowest BCUT2D eigenvalue weighted by Gasteiger charge is -2.03. The summed E-state index contributed by atoms with van der Waals surface area (Å²) in [6.45, 7) is 0. The first-order valence-corrected chi connectivity index (χ1v) is 3.65. The van der Waals surface area contributed by atoms with Gasteiger partial charge in [-0.1, -0.05) is 0 Å². The van der Waals surface area contributed by atoms with Crippen molar-refractivity contribution in [2.45, 2.75) is 0 Å². The number of nitrogens with one attached hydrogen (secondary N) is 1. The highest BCUT2D eigenvalue weighted by molar-refractivity contribution is 5.92. The van der Waals surface area contributed by atoms with Gasteiger partial charge in [-0.2, -0.15) is 0 Å². The molecule has 5 heteroatoms. The van der Waals surface area contributed by atoms with Crippen molar-refractivity contribution in [3.05, 3.63) is 17.8 Å². The lowest BCUT2D eigenvalue weighted by molar-refractivity contribution is 0.0957. The van der Waals surface area contributed by atoms with E-state index in [9.17, 15) is 9.90 Å². The maximum Gasteiger partial charge on any atom is 0.269 e. The highest BCUT2D eigenvalue weighted by Gasteiger charge is 2.09. The van der Waals surface area contributed by atoms with Gasteiger partial charge in [0.1, 0.15) is 5.69 Å². The first kappa shape index (κ1) is 9.31. The SMILES string of the molecule is CNC(=O)c1ccc(O)c(OC)n1. The second-order valence-corrected chi connectivity index (χ2v) is 2.30. The molecule has 70 valence electrons. The molecule has 1 aromatic rings. The summed E-state index contributed by atoms with van der Waals surface area (Å²) in [4.78, 5) is 14.9. The van der Waals surface area contributed by atoms with Crippen LogP contribution in [0.25, 0.3) is 0 Å². The summed E-state index contributed by atoms with van der Waals surface area (Å²) in [5.41, 5.74) is 0.206. The van der Waals surface area contributed by atoms with Crippen molar-refractivity contribution in [2.75, 3.05) is 14.2 Å². The molecule has 13 heavy (non-hydrogen) atoms. The number of carbonyl (C=O) groups is 1. The van der Waals surface area contributed by atoms with Crippen molar-refractivity contribution in [3.63, 3.8) is 0 Å².